The van der Waals surface area contributed by atoms with Crippen molar-refractivity contribution in [1.29, 1.82) is 0 Å². The quantitative estimate of drug-likeness (QED) is 0.571. The van der Waals surface area contributed by atoms with Crippen molar-refractivity contribution in [3.05, 3.63) is 58.9 Å². The Balaban J connectivity index is 1.63. The van der Waals surface area contributed by atoms with Gasteiger partial charge in [0.25, 0.3) is 5.89 Å². The largest absolute Gasteiger partial charge is 0.502 e. The fourth-order valence-electron chi connectivity index (χ4n) is 3.86. The Morgan fingerprint density at radius 1 is 1.33 bits per heavy atom. The molecule has 2 aromatic carbocycles. The van der Waals surface area contributed by atoms with Crippen LogP contribution in [0.1, 0.15) is 37.4 Å². The van der Waals surface area contributed by atoms with Crippen LogP contribution in [0, 0.1) is 6.57 Å². The van der Waals surface area contributed by atoms with Gasteiger partial charge in [0, 0.05) is 23.7 Å². The van der Waals surface area contributed by atoms with E-state index in [1.807, 2.05) is 32.0 Å². The van der Waals surface area contributed by atoms with E-state index in [4.69, 9.17) is 20.9 Å². The number of aliphatic hydroxyl groups excluding tert-OH is 1. The van der Waals surface area contributed by atoms with Crippen LogP contribution in [0.2, 0.25) is 0 Å². The molecule has 0 amide bonds. The zero-order valence-corrected chi connectivity index (χ0v) is 17.1. The average molecular weight is 404 g/mol. The van der Waals surface area contributed by atoms with Crippen LogP contribution in [-0.2, 0) is 6.42 Å². The molecule has 0 aliphatic heterocycles. The van der Waals surface area contributed by atoms with E-state index in [1.165, 1.54) is 11.1 Å². The van der Waals surface area contributed by atoms with Gasteiger partial charge in [-0.3, -0.25) is 0 Å². The first kappa shape index (κ1) is 20.1. The summed E-state index contributed by atoms with van der Waals surface area (Å²) < 4.78 is 11.2. The lowest BCUT2D eigenvalue weighted by Gasteiger charge is -2.13. The molecule has 4 rings (SSSR count). The molecule has 0 spiro atoms. The molecule has 3 aromatic rings. The fraction of sp³-hybridized carbons (Fsp3) is 0.348. The first-order valence-corrected chi connectivity index (χ1v) is 10.1. The lowest BCUT2D eigenvalue weighted by molar-refractivity contribution is 0.244. The number of fused-ring (bicyclic) bond motifs is 1. The Hall–Kier alpha value is -3.21. The average Bonchev–Trinajstić information content (AvgIpc) is 3.39. The van der Waals surface area contributed by atoms with Gasteiger partial charge in [-0.2, -0.15) is 4.98 Å². The molecule has 0 bridgehead atoms. The molecule has 7 heteroatoms. The monoisotopic (exact) mass is 404 g/mol. The van der Waals surface area contributed by atoms with Gasteiger partial charge in [-0.05, 0) is 56.0 Å². The summed E-state index contributed by atoms with van der Waals surface area (Å²) in [7, 11) is 0. The summed E-state index contributed by atoms with van der Waals surface area (Å²) in [5, 5.41) is 16.7. The van der Waals surface area contributed by atoms with Crippen LogP contribution in [0.15, 0.2) is 40.9 Å². The van der Waals surface area contributed by atoms with Crippen molar-refractivity contribution < 1.29 is 14.4 Å². The number of rotatable bonds is 7. The zero-order chi connectivity index (χ0) is 21.1. The summed E-state index contributed by atoms with van der Waals surface area (Å²) in [4.78, 5) is 8.16. The molecule has 2 N–H and O–H groups in total. The molecule has 0 saturated carbocycles. The second-order valence-corrected chi connectivity index (χ2v) is 7.53. The highest BCUT2D eigenvalue weighted by atomic mass is 16.5. The van der Waals surface area contributed by atoms with Crippen LogP contribution < -0.4 is 10.1 Å². The van der Waals surface area contributed by atoms with E-state index in [0.29, 0.717) is 35.3 Å². The number of aliphatic hydroxyl groups is 1. The van der Waals surface area contributed by atoms with Crippen LogP contribution in [0.4, 0.5) is 5.69 Å². The Kier molecular flexibility index (Phi) is 5.79. The maximum atomic E-state index is 9.09. The summed E-state index contributed by atoms with van der Waals surface area (Å²) in [6.07, 6.45) is 1.88. The standard InChI is InChI=1S/C23H24N4O3/c1-14(2)29-21-10-7-15(13-20(21)24-3)23-26-22(27-30-23)18-6-4-5-17-16(18)8-9-19(17)25-11-12-28/h4-7,10,13-14,19,25,28H,8-9,11-12H2,1-2H3. The molecule has 1 aromatic heterocycles. The molecule has 1 aliphatic rings. The van der Waals surface area contributed by atoms with E-state index in [9.17, 15) is 0 Å². The molecule has 0 fully saturated rings. The number of nitrogens with one attached hydrogen (secondary N) is 1. The van der Waals surface area contributed by atoms with Crippen molar-refractivity contribution >= 4 is 5.69 Å². The smallest absolute Gasteiger partial charge is 0.256 e. The molecule has 7 nitrogen and oxygen atoms in total. The van der Waals surface area contributed by atoms with Crippen LogP contribution in [-0.4, -0.2) is 34.5 Å². The molecule has 1 heterocycles. The number of ether oxygens (including phenoxy) is 1. The van der Waals surface area contributed by atoms with E-state index in [1.54, 1.807) is 12.1 Å². The fourth-order valence-corrected chi connectivity index (χ4v) is 3.86. The first-order valence-electron chi connectivity index (χ1n) is 10.1. The minimum atomic E-state index is -0.0118. The van der Waals surface area contributed by atoms with Crippen molar-refractivity contribution in [1.82, 2.24) is 15.5 Å². The maximum Gasteiger partial charge on any atom is 0.256 e. The summed E-state index contributed by atoms with van der Waals surface area (Å²) in [6, 6.07) is 11.7. The minimum absolute atomic E-state index is 0.0118. The third-order valence-electron chi connectivity index (χ3n) is 5.13. The third-order valence-corrected chi connectivity index (χ3v) is 5.13. The summed E-state index contributed by atoms with van der Waals surface area (Å²) in [5.41, 5.74) is 4.49. The van der Waals surface area contributed by atoms with E-state index in [-0.39, 0.29) is 18.8 Å². The highest BCUT2D eigenvalue weighted by molar-refractivity contribution is 5.70. The normalized spacial score (nSPS) is 15.2. The number of hydrogen-bond donors (Lipinski definition) is 2. The lowest BCUT2D eigenvalue weighted by atomic mass is 10.0. The maximum absolute atomic E-state index is 9.09. The highest BCUT2D eigenvalue weighted by Gasteiger charge is 2.26. The van der Waals surface area contributed by atoms with Gasteiger partial charge in [0.2, 0.25) is 11.5 Å². The number of aromatic nitrogens is 2. The topological polar surface area (TPSA) is 84.8 Å². The van der Waals surface area contributed by atoms with Gasteiger partial charge in [-0.15, -0.1) is 0 Å². The molecule has 1 unspecified atom stereocenters. The van der Waals surface area contributed by atoms with E-state index in [0.717, 1.165) is 18.4 Å². The number of hydrogen-bond acceptors (Lipinski definition) is 6. The second kappa shape index (κ2) is 8.66. The van der Waals surface area contributed by atoms with Crippen LogP contribution in [0.3, 0.4) is 0 Å². The Morgan fingerprint density at radius 3 is 2.97 bits per heavy atom. The van der Waals surface area contributed by atoms with Crippen molar-refractivity contribution in [3.63, 3.8) is 0 Å². The van der Waals surface area contributed by atoms with Gasteiger partial charge < -0.3 is 19.7 Å². The minimum Gasteiger partial charge on any atom is -0.502 e. The van der Waals surface area contributed by atoms with Crippen molar-refractivity contribution in [2.75, 3.05) is 13.2 Å². The predicted octanol–water partition coefficient (Wildman–Crippen LogP) is 4.31. The van der Waals surface area contributed by atoms with Crippen LogP contribution in [0.5, 0.6) is 5.75 Å². The second-order valence-electron chi connectivity index (χ2n) is 7.53. The predicted molar refractivity (Wildman–Crippen MR) is 113 cm³/mol. The molecule has 0 saturated heterocycles. The summed E-state index contributed by atoms with van der Waals surface area (Å²) in [6.45, 7) is 12.0. The third kappa shape index (κ3) is 3.92. The molecular formula is C23H24N4O3. The van der Waals surface area contributed by atoms with Gasteiger partial charge >= 0.3 is 0 Å². The van der Waals surface area contributed by atoms with Crippen molar-refractivity contribution in [2.24, 2.45) is 0 Å². The van der Waals surface area contributed by atoms with E-state index >= 15 is 0 Å². The molecule has 1 aliphatic carbocycles. The Morgan fingerprint density at radius 2 is 2.20 bits per heavy atom. The summed E-state index contributed by atoms with van der Waals surface area (Å²) >= 11 is 0. The van der Waals surface area contributed by atoms with Gasteiger partial charge in [0.15, 0.2) is 0 Å². The van der Waals surface area contributed by atoms with Gasteiger partial charge in [-0.1, -0.05) is 23.4 Å². The highest BCUT2D eigenvalue weighted by Crippen LogP contribution is 2.38. The molecule has 30 heavy (non-hydrogen) atoms. The number of nitrogens with zero attached hydrogens (tertiary/aromatic N) is 3. The zero-order valence-electron chi connectivity index (χ0n) is 17.1. The van der Waals surface area contributed by atoms with Gasteiger partial charge in [-0.25, -0.2) is 4.85 Å². The van der Waals surface area contributed by atoms with Gasteiger partial charge in [0.05, 0.1) is 19.3 Å². The first-order chi connectivity index (χ1) is 14.6. The van der Waals surface area contributed by atoms with E-state index in [2.05, 4.69) is 26.4 Å². The molecule has 154 valence electrons. The Bertz CT molecular complexity index is 1080. The SMILES string of the molecule is [C-]#[N+]c1cc(-c2nc(-c3cccc4c3CCC4NCCO)no2)ccc1OC(C)C. The molecule has 0 radical (unpaired) electrons. The van der Waals surface area contributed by atoms with Crippen LogP contribution in [0.25, 0.3) is 27.7 Å². The van der Waals surface area contributed by atoms with Gasteiger partial charge in [0.1, 0.15) is 5.75 Å². The van der Waals surface area contributed by atoms with Crippen molar-refractivity contribution in [2.45, 2.75) is 38.8 Å². The molecular weight excluding hydrogens is 380 g/mol. The lowest BCUT2D eigenvalue weighted by Crippen LogP contribution is -2.22. The number of benzene rings is 2. The summed E-state index contributed by atoms with van der Waals surface area (Å²) in [5.74, 6) is 1.46. The van der Waals surface area contributed by atoms with Crippen LogP contribution >= 0.6 is 0 Å². The Labute approximate surface area is 175 Å². The van der Waals surface area contributed by atoms with E-state index < -0.39 is 0 Å². The van der Waals surface area contributed by atoms with Crippen molar-refractivity contribution in [3.8, 4) is 28.6 Å². The molecule has 1 atom stereocenters.